The fraction of sp³-hybridized carbons (Fsp3) is 0.250. The Hall–Kier alpha value is -2.17. The lowest BCUT2D eigenvalue weighted by atomic mass is 10.2. The van der Waals surface area contributed by atoms with E-state index in [0.29, 0.717) is 18.1 Å². The summed E-state index contributed by atoms with van der Waals surface area (Å²) in [5.41, 5.74) is 0.650. The van der Waals surface area contributed by atoms with Crippen molar-refractivity contribution in [2.75, 3.05) is 11.4 Å². The molecular weight excluding hydrogens is 216 g/mol. The van der Waals surface area contributed by atoms with Crippen LogP contribution in [0, 0.1) is 0 Å². The molecule has 0 saturated carbocycles. The van der Waals surface area contributed by atoms with Crippen molar-refractivity contribution in [1.82, 2.24) is 15.2 Å². The van der Waals surface area contributed by atoms with Gasteiger partial charge in [0.15, 0.2) is 0 Å². The number of aromatic nitrogens is 3. The van der Waals surface area contributed by atoms with Crippen LogP contribution in [-0.4, -0.2) is 27.6 Å². The number of hydrogen-bond acceptors (Lipinski definition) is 3. The average molecular weight is 230 g/mol. The second-order valence-corrected chi connectivity index (χ2v) is 3.63. The number of carbonyl (C=O) groups excluding carboxylic acids is 1. The zero-order valence-corrected chi connectivity index (χ0v) is 9.63. The SMILES string of the molecule is CCCN(C(=O)c1ccccc1)c1ncn[nH]1. The maximum atomic E-state index is 12.3. The minimum absolute atomic E-state index is 0.0656. The third-order valence-corrected chi connectivity index (χ3v) is 2.37. The number of nitrogens with one attached hydrogen (secondary N) is 1. The average Bonchev–Trinajstić information content (AvgIpc) is 2.90. The molecule has 0 aliphatic heterocycles. The van der Waals surface area contributed by atoms with Crippen molar-refractivity contribution in [2.24, 2.45) is 0 Å². The molecule has 0 aliphatic carbocycles. The van der Waals surface area contributed by atoms with E-state index in [1.165, 1.54) is 6.33 Å². The number of H-pyrrole nitrogens is 1. The summed E-state index contributed by atoms with van der Waals surface area (Å²) in [5.74, 6) is 0.421. The minimum atomic E-state index is -0.0656. The molecule has 1 aromatic heterocycles. The van der Waals surface area contributed by atoms with Crippen molar-refractivity contribution in [3.63, 3.8) is 0 Å². The summed E-state index contributed by atoms with van der Waals surface area (Å²) < 4.78 is 0. The van der Waals surface area contributed by atoms with E-state index in [1.54, 1.807) is 17.0 Å². The quantitative estimate of drug-likeness (QED) is 0.872. The second-order valence-electron chi connectivity index (χ2n) is 3.63. The van der Waals surface area contributed by atoms with Gasteiger partial charge in [0.1, 0.15) is 6.33 Å². The molecule has 0 saturated heterocycles. The Morgan fingerprint density at radius 2 is 2.12 bits per heavy atom. The Kier molecular flexibility index (Phi) is 3.49. The normalized spacial score (nSPS) is 10.2. The van der Waals surface area contributed by atoms with Gasteiger partial charge in [-0.25, -0.2) is 5.10 Å². The van der Waals surface area contributed by atoms with Gasteiger partial charge in [-0.05, 0) is 18.6 Å². The molecule has 1 heterocycles. The molecule has 17 heavy (non-hydrogen) atoms. The minimum Gasteiger partial charge on any atom is -0.277 e. The summed E-state index contributed by atoms with van der Waals surface area (Å²) in [4.78, 5) is 17.9. The first-order chi connectivity index (χ1) is 8.33. The van der Waals surface area contributed by atoms with Crippen molar-refractivity contribution in [3.8, 4) is 0 Å². The van der Waals surface area contributed by atoms with Crippen molar-refractivity contribution in [3.05, 3.63) is 42.2 Å². The predicted molar refractivity (Wildman–Crippen MR) is 64.8 cm³/mol. The number of nitrogens with zero attached hydrogens (tertiary/aromatic N) is 3. The summed E-state index contributed by atoms with van der Waals surface area (Å²) in [5, 5.41) is 6.49. The highest BCUT2D eigenvalue weighted by atomic mass is 16.2. The van der Waals surface area contributed by atoms with Crippen molar-refractivity contribution in [2.45, 2.75) is 13.3 Å². The van der Waals surface area contributed by atoms with Crippen LogP contribution in [0.15, 0.2) is 36.7 Å². The monoisotopic (exact) mass is 230 g/mol. The number of carbonyl (C=O) groups is 1. The van der Waals surface area contributed by atoms with Crippen LogP contribution >= 0.6 is 0 Å². The van der Waals surface area contributed by atoms with E-state index in [-0.39, 0.29) is 5.91 Å². The fourth-order valence-corrected chi connectivity index (χ4v) is 1.59. The van der Waals surface area contributed by atoms with Crippen LogP contribution in [0.4, 0.5) is 5.95 Å². The predicted octanol–water partition coefficient (Wildman–Crippen LogP) is 1.86. The van der Waals surface area contributed by atoms with Gasteiger partial charge in [0.25, 0.3) is 5.91 Å². The molecule has 1 aromatic carbocycles. The molecule has 0 bridgehead atoms. The highest BCUT2D eigenvalue weighted by Crippen LogP contribution is 2.11. The number of amides is 1. The van der Waals surface area contributed by atoms with E-state index in [0.717, 1.165) is 6.42 Å². The molecule has 0 fully saturated rings. The zero-order valence-electron chi connectivity index (χ0n) is 9.63. The Labute approximate surface area is 99.5 Å². The molecule has 1 amide bonds. The maximum Gasteiger partial charge on any atom is 0.260 e. The molecule has 0 radical (unpaired) electrons. The smallest absolute Gasteiger partial charge is 0.260 e. The van der Waals surface area contributed by atoms with E-state index in [4.69, 9.17) is 0 Å². The molecule has 0 spiro atoms. The van der Waals surface area contributed by atoms with E-state index in [9.17, 15) is 4.79 Å². The third-order valence-electron chi connectivity index (χ3n) is 2.37. The van der Waals surface area contributed by atoms with Crippen molar-refractivity contribution < 1.29 is 4.79 Å². The summed E-state index contributed by atoms with van der Waals surface area (Å²) in [7, 11) is 0. The highest BCUT2D eigenvalue weighted by molar-refractivity contribution is 6.05. The molecular formula is C12H14N4O. The van der Waals surface area contributed by atoms with Crippen LogP contribution in [-0.2, 0) is 0 Å². The van der Waals surface area contributed by atoms with E-state index >= 15 is 0 Å². The van der Waals surface area contributed by atoms with Gasteiger partial charge < -0.3 is 0 Å². The first kappa shape index (κ1) is 11.3. The van der Waals surface area contributed by atoms with Crippen LogP contribution in [0.1, 0.15) is 23.7 Å². The second kappa shape index (κ2) is 5.25. The first-order valence-corrected chi connectivity index (χ1v) is 5.55. The first-order valence-electron chi connectivity index (χ1n) is 5.55. The van der Waals surface area contributed by atoms with E-state index in [2.05, 4.69) is 15.2 Å². The molecule has 2 aromatic rings. The lowest BCUT2D eigenvalue weighted by Crippen LogP contribution is -2.32. The number of rotatable bonds is 4. The summed E-state index contributed by atoms with van der Waals surface area (Å²) in [6.07, 6.45) is 2.26. The Balaban J connectivity index is 2.26. The number of aromatic amines is 1. The van der Waals surface area contributed by atoms with Gasteiger partial charge in [-0.1, -0.05) is 25.1 Å². The molecule has 0 unspecified atom stereocenters. The molecule has 1 N–H and O–H groups in total. The Morgan fingerprint density at radius 1 is 1.35 bits per heavy atom. The highest BCUT2D eigenvalue weighted by Gasteiger charge is 2.18. The lowest BCUT2D eigenvalue weighted by molar-refractivity contribution is 0.0985. The summed E-state index contributed by atoms with van der Waals surface area (Å²) in [6.45, 7) is 2.63. The molecule has 0 aliphatic rings. The van der Waals surface area contributed by atoms with Crippen LogP contribution in [0.5, 0.6) is 0 Å². The molecule has 5 heteroatoms. The lowest BCUT2D eigenvalue weighted by Gasteiger charge is -2.18. The van der Waals surface area contributed by atoms with Crippen LogP contribution in [0.3, 0.4) is 0 Å². The van der Waals surface area contributed by atoms with Gasteiger partial charge in [0, 0.05) is 12.1 Å². The maximum absolute atomic E-state index is 12.3. The van der Waals surface area contributed by atoms with Gasteiger partial charge in [-0.2, -0.15) is 10.1 Å². The van der Waals surface area contributed by atoms with Crippen LogP contribution in [0.25, 0.3) is 0 Å². The molecule has 88 valence electrons. The summed E-state index contributed by atoms with van der Waals surface area (Å²) in [6, 6.07) is 9.16. The van der Waals surface area contributed by atoms with Crippen molar-refractivity contribution >= 4 is 11.9 Å². The van der Waals surface area contributed by atoms with Crippen molar-refractivity contribution in [1.29, 1.82) is 0 Å². The zero-order chi connectivity index (χ0) is 12.1. The fourth-order valence-electron chi connectivity index (χ4n) is 1.59. The van der Waals surface area contributed by atoms with Crippen LogP contribution < -0.4 is 4.90 Å². The number of anilines is 1. The van der Waals surface area contributed by atoms with Gasteiger partial charge in [0.2, 0.25) is 5.95 Å². The number of benzene rings is 1. The van der Waals surface area contributed by atoms with Gasteiger partial charge in [0.05, 0.1) is 0 Å². The topological polar surface area (TPSA) is 61.9 Å². The molecule has 5 nitrogen and oxygen atoms in total. The largest absolute Gasteiger partial charge is 0.277 e. The van der Waals surface area contributed by atoms with Gasteiger partial charge in [-0.15, -0.1) is 0 Å². The van der Waals surface area contributed by atoms with Gasteiger partial charge in [-0.3, -0.25) is 9.69 Å². The third kappa shape index (κ3) is 2.50. The van der Waals surface area contributed by atoms with E-state index in [1.807, 2.05) is 25.1 Å². The van der Waals surface area contributed by atoms with Gasteiger partial charge >= 0.3 is 0 Å². The Bertz CT molecular complexity index is 467. The van der Waals surface area contributed by atoms with Crippen LogP contribution in [0.2, 0.25) is 0 Å². The summed E-state index contributed by atoms with van der Waals surface area (Å²) >= 11 is 0. The van der Waals surface area contributed by atoms with E-state index < -0.39 is 0 Å². The molecule has 2 rings (SSSR count). The Morgan fingerprint density at radius 3 is 2.71 bits per heavy atom. The standard InChI is InChI=1S/C12H14N4O/c1-2-8-16(12-13-9-14-15-12)11(17)10-6-4-3-5-7-10/h3-7,9H,2,8H2,1H3,(H,13,14,15). The number of hydrogen-bond donors (Lipinski definition) is 1. The molecule has 0 atom stereocenters.